The Bertz CT molecular complexity index is 616. The van der Waals surface area contributed by atoms with Crippen LogP contribution in [-0.2, 0) is 11.2 Å². The molecule has 0 saturated heterocycles. The van der Waals surface area contributed by atoms with E-state index in [-0.39, 0.29) is 17.0 Å². The van der Waals surface area contributed by atoms with E-state index >= 15 is 0 Å². The van der Waals surface area contributed by atoms with Crippen molar-refractivity contribution in [2.75, 3.05) is 6.54 Å². The van der Waals surface area contributed by atoms with Crippen LogP contribution in [-0.4, -0.2) is 17.7 Å². The molecule has 116 valence electrons. The maximum Gasteiger partial charge on any atom is 0.233 e. The van der Waals surface area contributed by atoms with Crippen molar-refractivity contribution >= 4 is 33.6 Å². The summed E-state index contributed by atoms with van der Waals surface area (Å²) in [7, 11) is 0. The van der Waals surface area contributed by atoms with Crippen molar-refractivity contribution in [1.29, 1.82) is 0 Å². The standard InChI is InChI=1S/C17H17BrFNOS/c1-12(22-16-8-4-14(18)5-9-16)17(21)20-11-10-13-2-6-15(19)7-3-13/h2-9,12H,10-11H2,1H3,(H,20,21). The number of nitrogens with one attached hydrogen (secondary N) is 1. The van der Waals surface area contributed by atoms with Gasteiger partial charge in [-0.3, -0.25) is 4.79 Å². The smallest absolute Gasteiger partial charge is 0.233 e. The van der Waals surface area contributed by atoms with Gasteiger partial charge >= 0.3 is 0 Å². The Hall–Kier alpha value is -1.33. The van der Waals surface area contributed by atoms with Gasteiger partial charge in [0.25, 0.3) is 0 Å². The number of amides is 1. The molecule has 0 radical (unpaired) electrons. The van der Waals surface area contributed by atoms with Crippen LogP contribution in [0.15, 0.2) is 57.9 Å². The number of rotatable bonds is 6. The zero-order valence-corrected chi connectivity index (χ0v) is 14.6. The fourth-order valence-electron chi connectivity index (χ4n) is 1.90. The number of carbonyl (C=O) groups excluding carboxylic acids is 1. The lowest BCUT2D eigenvalue weighted by atomic mass is 10.1. The molecule has 0 fully saturated rings. The second-order valence-corrected chi connectivity index (χ2v) is 7.21. The Morgan fingerprint density at radius 2 is 1.82 bits per heavy atom. The number of benzene rings is 2. The molecule has 2 rings (SSSR count). The lowest BCUT2D eigenvalue weighted by Gasteiger charge is -2.12. The zero-order valence-electron chi connectivity index (χ0n) is 12.2. The van der Waals surface area contributed by atoms with Gasteiger partial charge in [0.2, 0.25) is 5.91 Å². The maximum absolute atomic E-state index is 12.8. The summed E-state index contributed by atoms with van der Waals surface area (Å²) in [5.74, 6) is -0.234. The highest BCUT2D eigenvalue weighted by molar-refractivity contribution is 9.10. The molecule has 0 spiro atoms. The second kappa shape index (κ2) is 8.34. The van der Waals surface area contributed by atoms with E-state index in [0.29, 0.717) is 13.0 Å². The molecule has 22 heavy (non-hydrogen) atoms. The molecule has 0 aliphatic carbocycles. The number of halogens is 2. The highest BCUT2D eigenvalue weighted by Crippen LogP contribution is 2.24. The zero-order chi connectivity index (χ0) is 15.9. The van der Waals surface area contributed by atoms with E-state index < -0.39 is 0 Å². The van der Waals surface area contributed by atoms with Gasteiger partial charge in [-0.15, -0.1) is 11.8 Å². The summed E-state index contributed by atoms with van der Waals surface area (Å²) >= 11 is 4.92. The van der Waals surface area contributed by atoms with Gasteiger partial charge in [0.05, 0.1) is 5.25 Å². The first-order chi connectivity index (χ1) is 10.5. The molecule has 0 aliphatic rings. The average molecular weight is 382 g/mol. The molecule has 2 aromatic rings. The van der Waals surface area contributed by atoms with E-state index in [1.165, 1.54) is 23.9 Å². The molecule has 0 aliphatic heterocycles. The molecule has 2 aromatic carbocycles. The van der Waals surface area contributed by atoms with Crippen molar-refractivity contribution in [2.24, 2.45) is 0 Å². The van der Waals surface area contributed by atoms with Gasteiger partial charge < -0.3 is 5.32 Å². The summed E-state index contributed by atoms with van der Waals surface area (Å²) in [6.45, 7) is 2.44. The minimum absolute atomic E-state index is 0.00929. The summed E-state index contributed by atoms with van der Waals surface area (Å²) in [6, 6.07) is 14.2. The van der Waals surface area contributed by atoms with E-state index in [1.54, 1.807) is 12.1 Å². The Kier molecular flexibility index (Phi) is 6.46. The number of hydrogen-bond acceptors (Lipinski definition) is 2. The highest BCUT2D eigenvalue weighted by Gasteiger charge is 2.13. The first-order valence-electron chi connectivity index (χ1n) is 6.99. The molecule has 0 saturated carbocycles. The molecule has 5 heteroatoms. The van der Waals surface area contributed by atoms with Gasteiger partial charge in [-0.05, 0) is 55.3 Å². The van der Waals surface area contributed by atoms with Crippen LogP contribution < -0.4 is 5.32 Å². The van der Waals surface area contributed by atoms with Crippen LogP contribution in [0, 0.1) is 5.82 Å². The Morgan fingerprint density at radius 1 is 1.18 bits per heavy atom. The molecule has 1 amide bonds. The van der Waals surface area contributed by atoms with Gasteiger partial charge in [-0.2, -0.15) is 0 Å². The SMILES string of the molecule is CC(Sc1ccc(Br)cc1)C(=O)NCCc1ccc(F)cc1. The van der Waals surface area contributed by atoms with Crippen LogP contribution in [0.4, 0.5) is 4.39 Å². The van der Waals surface area contributed by atoms with E-state index in [2.05, 4.69) is 21.2 Å². The quantitative estimate of drug-likeness (QED) is 0.749. The first kappa shape index (κ1) is 17.0. The molecule has 0 heterocycles. The Balaban J connectivity index is 1.76. The molecule has 1 atom stereocenters. The third-order valence-corrected chi connectivity index (χ3v) is 4.76. The van der Waals surface area contributed by atoms with Crippen LogP contribution in [0.1, 0.15) is 12.5 Å². The van der Waals surface area contributed by atoms with Crippen molar-refractivity contribution in [3.05, 3.63) is 64.4 Å². The van der Waals surface area contributed by atoms with Crippen LogP contribution in [0.2, 0.25) is 0 Å². The van der Waals surface area contributed by atoms with Crippen molar-refractivity contribution in [3.63, 3.8) is 0 Å². The number of thioether (sulfide) groups is 1. The molecular weight excluding hydrogens is 365 g/mol. The summed E-state index contributed by atoms with van der Waals surface area (Å²) in [6.07, 6.45) is 0.696. The molecular formula is C17H17BrFNOS. The average Bonchev–Trinajstić information content (AvgIpc) is 2.51. The first-order valence-corrected chi connectivity index (χ1v) is 8.66. The summed E-state index contributed by atoms with van der Waals surface area (Å²) in [4.78, 5) is 13.1. The van der Waals surface area contributed by atoms with Crippen LogP contribution in [0.3, 0.4) is 0 Å². The van der Waals surface area contributed by atoms with E-state index in [9.17, 15) is 9.18 Å². The van der Waals surface area contributed by atoms with Gasteiger partial charge in [0, 0.05) is 15.9 Å². The van der Waals surface area contributed by atoms with Crippen molar-refractivity contribution in [2.45, 2.75) is 23.5 Å². The largest absolute Gasteiger partial charge is 0.355 e. The summed E-state index contributed by atoms with van der Waals surface area (Å²) in [5, 5.41) is 2.76. The minimum Gasteiger partial charge on any atom is -0.355 e. The number of hydrogen-bond donors (Lipinski definition) is 1. The van der Waals surface area contributed by atoms with Crippen LogP contribution in [0.25, 0.3) is 0 Å². The fraction of sp³-hybridized carbons (Fsp3) is 0.235. The predicted molar refractivity (Wildman–Crippen MR) is 92.6 cm³/mol. The normalized spacial score (nSPS) is 12.0. The lowest BCUT2D eigenvalue weighted by Crippen LogP contribution is -2.32. The molecule has 1 unspecified atom stereocenters. The van der Waals surface area contributed by atoms with E-state index in [4.69, 9.17) is 0 Å². The van der Waals surface area contributed by atoms with E-state index in [0.717, 1.165) is 14.9 Å². The van der Waals surface area contributed by atoms with Crippen LogP contribution >= 0.6 is 27.7 Å². The summed E-state index contributed by atoms with van der Waals surface area (Å²) < 4.78 is 13.8. The molecule has 2 nitrogen and oxygen atoms in total. The maximum atomic E-state index is 12.8. The fourth-order valence-corrected chi connectivity index (χ4v) is 3.05. The molecule has 1 N–H and O–H groups in total. The van der Waals surface area contributed by atoms with Gasteiger partial charge in [-0.25, -0.2) is 4.39 Å². The van der Waals surface area contributed by atoms with Crippen molar-refractivity contribution < 1.29 is 9.18 Å². The third kappa shape index (κ3) is 5.46. The predicted octanol–water partition coefficient (Wildman–Crippen LogP) is 4.43. The Morgan fingerprint density at radius 3 is 2.45 bits per heavy atom. The van der Waals surface area contributed by atoms with Crippen molar-refractivity contribution in [3.8, 4) is 0 Å². The topological polar surface area (TPSA) is 29.1 Å². The van der Waals surface area contributed by atoms with Gasteiger partial charge in [-0.1, -0.05) is 28.1 Å². The summed E-state index contributed by atoms with van der Waals surface area (Å²) in [5.41, 5.74) is 1.01. The number of carbonyl (C=O) groups is 1. The third-order valence-electron chi connectivity index (χ3n) is 3.12. The van der Waals surface area contributed by atoms with E-state index in [1.807, 2.05) is 31.2 Å². The van der Waals surface area contributed by atoms with Crippen LogP contribution in [0.5, 0.6) is 0 Å². The monoisotopic (exact) mass is 381 g/mol. The second-order valence-electron chi connectivity index (χ2n) is 4.88. The van der Waals surface area contributed by atoms with Gasteiger partial charge in [0.1, 0.15) is 5.82 Å². The minimum atomic E-state index is -0.243. The van der Waals surface area contributed by atoms with Gasteiger partial charge in [0.15, 0.2) is 0 Å². The highest BCUT2D eigenvalue weighted by atomic mass is 79.9. The Labute approximate surface area is 142 Å². The lowest BCUT2D eigenvalue weighted by molar-refractivity contribution is -0.120. The molecule has 0 aromatic heterocycles. The molecule has 0 bridgehead atoms. The van der Waals surface area contributed by atoms with Crippen molar-refractivity contribution in [1.82, 2.24) is 5.32 Å².